The van der Waals surface area contributed by atoms with Crippen molar-refractivity contribution in [2.75, 3.05) is 0 Å². The fourth-order valence-corrected chi connectivity index (χ4v) is 1.99. The Morgan fingerprint density at radius 1 is 1.64 bits per heavy atom. The highest BCUT2D eigenvalue weighted by atomic mass is 79.9. The Morgan fingerprint density at radius 2 is 2.36 bits per heavy atom. The van der Waals surface area contributed by atoms with E-state index >= 15 is 0 Å². The predicted molar refractivity (Wildman–Crippen MR) is 52.7 cm³/mol. The molecule has 1 aromatic heterocycles. The molecular weight excluding hydrogens is 224 g/mol. The van der Waals surface area contributed by atoms with E-state index in [0.717, 1.165) is 8.66 Å². The number of rotatable bonds is 2. The van der Waals surface area contributed by atoms with Crippen molar-refractivity contribution in [2.24, 2.45) is 0 Å². The van der Waals surface area contributed by atoms with E-state index in [1.807, 2.05) is 18.2 Å². The van der Waals surface area contributed by atoms with Crippen molar-refractivity contribution in [1.29, 1.82) is 0 Å². The molecule has 3 heteroatoms. The Kier molecular flexibility index (Phi) is 3.30. The van der Waals surface area contributed by atoms with Crippen LogP contribution < -0.4 is 0 Å². The third-order valence-electron chi connectivity index (χ3n) is 1.13. The Morgan fingerprint density at radius 3 is 2.82 bits per heavy atom. The quantitative estimate of drug-likeness (QED) is 0.832. The van der Waals surface area contributed by atoms with Gasteiger partial charge in [-0.2, -0.15) is 0 Å². The van der Waals surface area contributed by atoms with Crippen molar-refractivity contribution in [3.05, 3.63) is 26.9 Å². The van der Waals surface area contributed by atoms with Gasteiger partial charge in [0.1, 0.15) is 0 Å². The SMILES string of the molecule is CC(O)/C=C/c1ccc(Br)s1. The van der Waals surface area contributed by atoms with Crippen LogP contribution in [0.1, 0.15) is 11.8 Å². The molecule has 0 aromatic carbocycles. The number of halogens is 1. The van der Waals surface area contributed by atoms with E-state index in [9.17, 15) is 0 Å². The molecule has 0 radical (unpaired) electrons. The summed E-state index contributed by atoms with van der Waals surface area (Å²) in [5.74, 6) is 0. The van der Waals surface area contributed by atoms with Gasteiger partial charge in [-0.25, -0.2) is 0 Å². The second-order valence-electron chi connectivity index (χ2n) is 2.24. The van der Waals surface area contributed by atoms with Gasteiger partial charge in [-0.3, -0.25) is 0 Å². The third kappa shape index (κ3) is 3.18. The minimum Gasteiger partial charge on any atom is -0.389 e. The number of aliphatic hydroxyl groups is 1. The Bertz CT molecular complexity index is 252. The maximum Gasteiger partial charge on any atom is 0.0704 e. The monoisotopic (exact) mass is 232 g/mol. The van der Waals surface area contributed by atoms with Crippen LogP contribution in [-0.2, 0) is 0 Å². The fraction of sp³-hybridized carbons (Fsp3) is 0.250. The second kappa shape index (κ2) is 4.04. The van der Waals surface area contributed by atoms with Crippen LogP contribution in [0, 0.1) is 0 Å². The summed E-state index contributed by atoms with van der Waals surface area (Å²) in [6, 6.07) is 4.00. The summed E-state index contributed by atoms with van der Waals surface area (Å²) in [5.41, 5.74) is 0. The minimum atomic E-state index is -0.365. The van der Waals surface area contributed by atoms with Crippen molar-refractivity contribution in [3.8, 4) is 0 Å². The molecule has 1 heterocycles. The molecule has 1 rings (SSSR count). The summed E-state index contributed by atoms with van der Waals surface area (Å²) in [5, 5.41) is 8.93. The smallest absolute Gasteiger partial charge is 0.0704 e. The van der Waals surface area contributed by atoms with E-state index in [2.05, 4.69) is 15.9 Å². The van der Waals surface area contributed by atoms with Crippen LogP contribution in [0.4, 0.5) is 0 Å². The van der Waals surface area contributed by atoms with Crippen LogP contribution in [0.15, 0.2) is 22.0 Å². The van der Waals surface area contributed by atoms with Gasteiger partial charge in [0, 0.05) is 4.88 Å². The molecule has 11 heavy (non-hydrogen) atoms. The number of aliphatic hydroxyl groups excluding tert-OH is 1. The summed E-state index contributed by atoms with van der Waals surface area (Å²) in [7, 11) is 0. The Balaban J connectivity index is 2.64. The predicted octanol–water partition coefficient (Wildman–Crippen LogP) is 2.90. The molecule has 1 N–H and O–H groups in total. The lowest BCUT2D eigenvalue weighted by molar-refractivity contribution is 0.245. The average molecular weight is 233 g/mol. The van der Waals surface area contributed by atoms with Crippen LogP contribution in [0.2, 0.25) is 0 Å². The van der Waals surface area contributed by atoms with E-state index < -0.39 is 0 Å². The zero-order valence-corrected chi connectivity index (χ0v) is 8.52. The van der Waals surface area contributed by atoms with Crippen LogP contribution in [0.5, 0.6) is 0 Å². The lowest BCUT2D eigenvalue weighted by Crippen LogP contribution is -1.90. The third-order valence-corrected chi connectivity index (χ3v) is 2.72. The Labute approximate surface area is 78.5 Å². The van der Waals surface area contributed by atoms with Crippen molar-refractivity contribution < 1.29 is 5.11 Å². The molecular formula is C8H9BrOS. The van der Waals surface area contributed by atoms with Gasteiger partial charge in [-0.15, -0.1) is 11.3 Å². The van der Waals surface area contributed by atoms with Gasteiger partial charge in [0.15, 0.2) is 0 Å². The molecule has 0 saturated heterocycles. The molecule has 1 unspecified atom stereocenters. The summed E-state index contributed by atoms with van der Waals surface area (Å²) < 4.78 is 1.11. The number of hydrogen-bond donors (Lipinski definition) is 1. The molecule has 0 bridgehead atoms. The molecule has 0 aliphatic carbocycles. The van der Waals surface area contributed by atoms with Gasteiger partial charge in [-0.05, 0) is 41.1 Å². The maximum atomic E-state index is 8.93. The van der Waals surface area contributed by atoms with E-state index in [0.29, 0.717) is 0 Å². The zero-order valence-electron chi connectivity index (χ0n) is 6.12. The first kappa shape index (κ1) is 8.97. The van der Waals surface area contributed by atoms with Crippen LogP contribution in [0.3, 0.4) is 0 Å². The largest absolute Gasteiger partial charge is 0.389 e. The summed E-state index contributed by atoms with van der Waals surface area (Å²) in [6.07, 6.45) is 3.31. The molecule has 1 aromatic rings. The van der Waals surface area contributed by atoms with Gasteiger partial charge in [0.25, 0.3) is 0 Å². The minimum absolute atomic E-state index is 0.365. The highest BCUT2D eigenvalue weighted by Crippen LogP contribution is 2.22. The molecule has 60 valence electrons. The topological polar surface area (TPSA) is 20.2 Å². The summed E-state index contributed by atoms with van der Waals surface area (Å²) in [6.45, 7) is 1.74. The molecule has 0 amide bonds. The van der Waals surface area contributed by atoms with Gasteiger partial charge >= 0.3 is 0 Å². The molecule has 0 aliphatic heterocycles. The van der Waals surface area contributed by atoms with E-state index in [1.54, 1.807) is 24.3 Å². The van der Waals surface area contributed by atoms with E-state index in [-0.39, 0.29) is 6.10 Å². The number of thiophene rings is 1. The van der Waals surface area contributed by atoms with Crippen LogP contribution in [0.25, 0.3) is 6.08 Å². The van der Waals surface area contributed by atoms with Crippen molar-refractivity contribution in [1.82, 2.24) is 0 Å². The van der Waals surface area contributed by atoms with Gasteiger partial charge in [-0.1, -0.05) is 6.08 Å². The lowest BCUT2D eigenvalue weighted by atomic mass is 10.3. The molecule has 1 atom stereocenters. The first-order valence-electron chi connectivity index (χ1n) is 3.30. The molecule has 0 fully saturated rings. The van der Waals surface area contributed by atoms with Crippen molar-refractivity contribution in [3.63, 3.8) is 0 Å². The van der Waals surface area contributed by atoms with Crippen molar-refractivity contribution in [2.45, 2.75) is 13.0 Å². The molecule has 1 nitrogen and oxygen atoms in total. The van der Waals surface area contributed by atoms with Crippen LogP contribution in [-0.4, -0.2) is 11.2 Å². The fourth-order valence-electron chi connectivity index (χ4n) is 0.652. The lowest BCUT2D eigenvalue weighted by Gasteiger charge is -1.90. The van der Waals surface area contributed by atoms with Gasteiger partial charge < -0.3 is 5.11 Å². The van der Waals surface area contributed by atoms with Gasteiger partial charge in [0.2, 0.25) is 0 Å². The van der Waals surface area contributed by atoms with Crippen molar-refractivity contribution >= 4 is 33.3 Å². The zero-order chi connectivity index (χ0) is 8.27. The van der Waals surface area contributed by atoms with E-state index in [4.69, 9.17) is 5.11 Å². The first-order valence-corrected chi connectivity index (χ1v) is 4.91. The maximum absolute atomic E-state index is 8.93. The Hall–Kier alpha value is -0.120. The summed E-state index contributed by atoms with van der Waals surface area (Å²) in [4.78, 5) is 1.15. The normalized spacial score (nSPS) is 14.1. The van der Waals surface area contributed by atoms with Gasteiger partial charge in [0.05, 0.1) is 9.89 Å². The molecule has 0 saturated carbocycles. The molecule has 0 spiro atoms. The highest BCUT2D eigenvalue weighted by Gasteiger charge is 1.92. The highest BCUT2D eigenvalue weighted by molar-refractivity contribution is 9.11. The average Bonchev–Trinajstić information content (AvgIpc) is 2.31. The number of hydrogen-bond acceptors (Lipinski definition) is 2. The first-order chi connectivity index (χ1) is 5.18. The standard InChI is InChI=1S/C8H9BrOS/c1-6(10)2-3-7-4-5-8(9)11-7/h2-6,10H,1H3/b3-2+. The molecule has 0 aliphatic rings. The van der Waals surface area contributed by atoms with Crippen LogP contribution >= 0.6 is 27.3 Å². The van der Waals surface area contributed by atoms with E-state index in [1.165, 1.54) is 0 Å². The second-order valence-corrected chi connectivity index (χ2v) is 4.74. The summed E-state index contributed by atoms with van der Waals surface area (Å²) >= 11 is 5.01.